The number of benzene rings is 3. The zero-order valence-electron chi connectivity index (χ0n) is 21.8. The summed E-state index contributed by atoms with van der Waals surface area (Å²) in [5, 5.41) is 9.24. The monoisotopic (exact) mass is 551 g/mol. The molecule has 3 atom stereocenters. The summed E-state index contributed by atoms with van der Waals surface area (Å²) in [6.45, 7) is 2.12. The standard InChI is InChI=1S/C28H32N4O6S/c1-3-38-28(34)25(15-18-6-8-20(9-7-18)26(29)30)31-14-4-5-24(27(31)33)32(39(35)36)22-12-10-19-11-13-23(37-2)17-21(19)16-22/h6-13,16-17,24-25H,3-5,14-15H2,1-2H3,(H3,29,30)(H,35,36)/p-1. The number of hydrogen-bond acceptors (Lipinski definition) is 7. The van der Waals surface area contributed by atoms with E-state index in [0.29, 0.717) is 36.4 Å². The van der Waals surface area contributed by atoms with Gasteiger partial charge in [-0.05, 0) is 60.4 Å². The molecule has 3 aromatic rings. The van der Waals surface area contributed by atoms with Crippen LogP contribution < -0.4 is 14.8 Å². The molecule has 11 heteroatoms. The topological polar surface area (TPSA) is 149 Å². The van der Waals surface area contributed by atoms with E-state index in [0.717, 1.165) is 20.6 Å². The average molecular weight is 552 g/mol. The highest BCUT2D eigenvalue weighted by molar-refractivity contribution is 7.80. The van der Waals surface area contributed by atoms with Crippen molar-refractivity contribution in [2.24, 2.45) is 5.73 Å². The summed E-state index contributed by atoms with van der Waals surface area (Å²) in [6, 6.07) is 15.5. The number of ether oxygens (including phenoxy) is 2. The highest BCUT2D eigenvalue weighted by Gasteiger charge is 2.40. The number of fused-ring (bicyclic) bond motifs is 1. The molecule has 4 rings (SSSR count). The van der Waals surface area contributed by atoms with Gasteiger partial charge in [-0.15, -0.1) is 0 Å². The first-order valence-corrected chi connectivity index (χ1v) is 13.6. The van der Waals surface area contributed by atoms with Crippen molar-refractivity contribution in [1.29, 1.82) is 5.41 Å². The lowest BCUT2D eigenvalue weighted by Crippen LogP contribution is -2.58. The number of carbonyl (C=O) groups excluding carboxylic acids is 2. The van der Waals surface area contributed by atoms with Gasteiger partial charge in [0.1, 0.15) is 23.7 Å². The number of rotatable bonds is 10. The SMILES string of the molecule is CCOC(=O)C(Cc1ccc(C(=N)N)cc1)N1CCCC(N(c2ccc3ccc(OC)cc3c2)S(=O)[O-])C1=O. The van der Waals surface area contributed by atoms with Gasteiger partial charge in [-0.25, -0.2) is 4.79 Å². The minimum absolute atomic E-state index is 0.0737. The smallest absolute Gasteiger partial charge is 0.329 e. The third-order valence-electron chi connectivity index (χ3n) is 6.80. The molecule has 10 nitrogen and oxygen atoms in total. The maximum atomic E-state index is 13.8. The van der Waals surface area contributed by atoms with Gasteiger partial charge in [0.2, 0.25) is 5.91 Å². The molecule has 1 saturated heterocycles. The number of methoxy groups -OCH3 is 1. The predicted octanol–water partition coefficient (Wildman–Crippen LogP) is 2.90. The zero-order chi connectivity index (χ0) is 28.1. The Morgan fingerprint density at radius 3 is 2.54 bits per heavy atom. The van der Waals surface area contributed by atoms with Crippen LogP contribution in [0.1, 0.15) is 30.9 Å². The summed E-state index contributed by atoms with van der Waals surface area (Å²) < 4.78 is 36.7. The van der Waals surface area contributed by atoms with Crippen LogP contribution in [0.25, 0.3) is 10.8 Å². The lowest BCUT2D eigenvalue weighted by Gasteiger charge is -2.42. The van der Waals surface area contributed by atoms with Crippen molar-refractivity contribution in [3.63, 3.8) is 0 Å². The third-order valence-corrected chi connectivity index (χ3v) is 7.59. The number of amidine groups is 1. The number of nitrogens with one attached hydrogen (secondary N) is 1. The lowest BCUT2D eigenvalue weighted by atomic mass is 9.97. The molecule has 0 saturated carbocycles. The van der Waals surface area contributed by atoms with Gasteiger partial charge in [-0.3, -0.25) is 18.7 Å². The molecule has 3 N–H and O–H groups in total. The van der Waals surface area contributed by atoms with Crippen LogP contribution in [-0.4, -0.2) is 63.7 Å². The van der Waals surface area contributed by atoms with E-state index in [1.807, 2.05) is 12.1 Å². The molecule has 206 valence electrons. The predicted molar refractivity (Wildman–Crippen MR) is 148 cm³/mol. The Labute approximate surface area is 229 Å². The zero-order valence-corrected chi connectivity index (χ0v) is 22.6. The maximum absolute atomic E-state index is 13.8. The number of likely N-dealkylation sites (tertiary alicyclic amines) is 1. The van der Waals surface area contributed by atoms with Crippen LogP contribution in [0.15, 0.2) is 60.7 Å². The van der Waals surface area contributed by atoms with Crippen molar-refractivity contribution in [3.05, 3.63) is 71.8 Å². The summed E-state index contributed by atoms with van der Waals surface area (Å²) >= 11 is -2.75. The van der Waals surface area contributed by atoms with Crippen molar-refractivity contribution in [2.45, 2.75) is 38.3 Å². The number of amides is 1. The van der Waals surface area contributed by atoms with Crippen molar-refractivity contribution in [2.75, 3.05) is 24.6 Å². The maximum Gasteiger partial charge on any atom is 0.329 e. The fraction of sp³-hybridized carbons (Fsp3) is 0.321. The molecule has 0 radical (unpaired) electrons. The quantitative estimate of drug-likeness (QED) is 0.170. The van der Waals surface area contributed by atoms with E-state index in [-0.39, 0.29) is 18.9 Å². The van der Waals surface area contributed by atoms with E-state index in [2.05, 4.69) is 0 Å². The number of esters is 1. The van der Waals surface area contributed by atoms with Gasteiger partial charge in [0.25, 0.3) is 0 Å². The van der Waals surface area contributed by atoms with Crippen LogP contribution in [-0.2, 0) is 32.0 Å². The molecule has 3 aromatic carbocycles. The number of carbonyl (C=O) groups is 2. The van der Waals surface area contributed by atoms with E-state index in [1.54, 1.807) is 62.6 Å². The van der Waals surface area contributed by atoms with Gasteiger partial charge in [0.15, 0.2) is 0 Å². The second kappa shape index (κ2) is 12.3. The molecular formula is C28H31N4O6S-. The van der Waals surface area contributed by atoms with Gasteiger partial charge in [-0.1, -0.05) is 36.4 Å². The van der Waals surface area contributed by atoms with Gasteiger partial charge < -0.3 is 24.7 Å². The van der Waals surface area contributed by atoms with Crippen LogP contribution in [0, 0.1) is 5.41 Å². The second-order valence-electron chi connectivity index (χ2n) is 9.21. The molecule has 1 fully saturated rings. The Morgan fingerprint density at radius 1 is 1.18 bits per heavy atom. The van der Waals surface area contributed by atoms with Gasteiger partial charge >= 0.3 is 5.97 Å². The molecule has 1 aliphatic rings. The Bertz CT molecular complexity index is 1400. The number of nitrogen functional groups attached to an aromatic ring is 1. The first-order valence-electron chi connectivity index (χ1n) is 12.6. The first-order chi connectivity index (χ1) is 18.7. The number of hydrogen-bond donors (Lipinski definition) is 2. The Balaban J connectivity index is 1.65. The van der Waals surface area contributed by atoms with Crippen LogP contribution in [0.3, 0.4) is 0 Å². The first kappa shape index (κ1) is 28.1. The van der Waals surface area contributed by atoms with Crippen molar-refractivity contribution in [3.8, 4) is 5.75 Å². The Hall–Kier alpha value is -3.96. The molecule has 39 heavy (non-hydrogen) atoms. The summed E-state index contributed by atoms with van der Waals surface area (Å²) in [7, 11) is 1.55. The average Bonchev–Trinajstić information content (AvgIpc) is 2.92. The molecule has 1 aliphatic heterocycles. The van der Waals surface area contributed by atoms with E-state index < -0.39 is 35.2 Å². The van der Waals surface area contributed by atoms with Gasteiger partial charge in [-0.2, -0.15) is 0 Å². The normalized spacial score (nSPS) is 16.9. The van der Waals surface area contributed by atoms with Gasteiger partial charge in [0.05, 0.1) is 13.7 Å². The number of anilines is 1. The minimum atomic E-state index is -2.75. The van der Waals surface area contributed by atoms with Crippen LogP contribution in [0.5, 0.6) is 5.75 Å². The fourth-order valence-electron chi connectivity index (χ4n) is 4.86. The Morgan fingerprint density at radius 2 is 1.90 bits per heavy atom. The lowest BCUT2D eigenvalue weighted by molar-refractivity contribution is -0.156. The van der Waals surface area contributed by atoms with Crippen molar-refractivity contribution < 1.29 is 27.8 Å². The highest BCUT2D eigenvalue weighted by atomic mass is 32.2. The second-order valence-corrected chi connectivity index (χ2v) is 10.0. The molecule has 3 unspecified atom stereocenters. The molecular weight excluding hydrogens is 520 g/mol. The number of nitrogens with two attached hydrogens (primary N) is 1. The van der Waals surface area contributed by atoms with E-state index in [9.17, 15) is 18.4 Å². The molecule has 1 amide bonds. The van der Waals surface area contributed by atoms with Crippen LogP contribution >= 0.6 is 0 Å². The number of nitrogens with zero attached hydrogens (tertiary/aromatic N) is 2. The molecule has 0 aromatic heterocycles. The summed E-state index contributed by atoms with van der Waals surface area (Å²) in [5.74, 6) is -0.470. The Kier molecular flexibility index (Phi) is 8.82. The molecule has 0 spiro atoms. The molecule has 0 aliphatic carbocycles. The third kappa shape index (κ3) is 6.21. The van der Waals surface area contributed by atoms with E-state index in [4.69, 9.17) is 20.6 Å². The van der Waals surface area contributed by atoms with Crippen LogP contribution in [0.2, 0.25) is 0 Å². The van der Waals surface area contributed by atoms with Crippen molar-refractivity contribution in [1.82, 2.24) is 4.90 Å². The molecule has 1 heterocycles. The largest absolute Gasteiger partial charge is 0.755 e. The summed E-state index contributed by atoms with van der Waals surface area (Å²) in [6.07, 6.45) is 0.985. The minimum Gasteiger partial charge on any atom is -0.755 e. The fourth-order valence-corrected chi connectivity index (χ4v) is 5.55. The van der Waals surface area contributed by atoms with Crippen molar-refractivity contribution >= 4 is 45.4 Å². The van der Waals surface area contributed by atoms with Crippen LogP contribution in [0.4, 0.5) is 5.69 Å². The highest BCUT2D eigenvalue weighted by Crippen LogP contribution is 2.31. The summed E-state index contributed by atoms with van der Waals surface area (Å²) in [4.78, 5) is 28.3. The number of piperidine rings is 1. The van der Waals surface area contributed by atoms with E-state index in [1.165, 1.54) is 4.90 Å². The molecule has 0 bridgehead atoms. The van der Waals surface area contributed by atoms with Gasteiger partial charge in [0, 0.05) is 35.5 Å². The van der Waals surface area contributed by atoms with E-state index >= 15 is 0 Å². The summed E-state index contributed by atoms with van der Waals surface area (Å²) in [5.41, 5.74) is 7.18.